The van der Waals surface area contributed by atoms with Crippen LogP contribution in [0.5, 0.6) is 11.5 Å². The number of carbonyl (C=O) groups excluding carboxylic acids is 4. The molecule has 2 aromatic rings. The summed E-state index contributed by atoms with van der Waals surface area (Å²) in [5.41, 5.74) is -2.79. The Hall–Kier alpha value is -4.08. The van der Waals surface area contributed by atoms with Gasteiger partial charge < -0.3 is 29.6 Å². The summed E-state index contributed by atoms with van der Waals surface area (Å²) >= 11 is 0. The Morgan fingerprint density at radius 2 is 1.00 bits per heavy atom. The van der Waals surface area contributed by atoms with Gasteiger partial charge in [0.05, 0.1) is 36.4 Å². The smallest absolute Gasteiger partial charge is 0.313 e. The van der Waals surface area contributed by atoms with Crippen molar-refractivity contribution in [2.24, 2.45) is 21.7 Å². The molecule has 0 spiro atoms. The van der Waals surface area contributed by atoms with Crippen molar-refractivity contribution >= 4 is 35.1 Å². The third-order valence-electron chi connectivity index (χ3n) is 12.1. The molecule has 4 bridgehead atoms. The van der Waals surface area contributed by atoms with Gasteiger partial charge in [-0.25, -0.2) is 0 Å². The fraction of sp³-hybridized carbons (Fsp3) is 0.529. The van der Waals surface area contributed by atoms with E-state index in [1.165, 1.54) is 14.2 Å². The molecule has 0 radical (unpaired) electrons. The largest absolute Gasteiger partial charge is 0.495 e. The molecule has 234 valence electrons. The zero-order valence-electron chi connectivity index (χ0n) is 26.6. The van der Waals surface area contributed by atoms with Crippen LogP contribution in [0.3, 0.4) is 0 Å². The maximum absolute atomic E-state index is 13.6. The van der Waals surface area contributed by atoms with Crippen molar-refractivity contribution in [1.29, 1.82) is 0 Å². The number of benzene rings is 2. The highest BCUT2D eigenvalue weighted by atomic mass is 16.6. The highest BCUT2D eigenvalue weighted by molar-refractivity contribution is 6.05. The number of nitrogens with one attached hydrogen (secondary N) is 2. The highest BCUT2D eigenvalue weighted by Gasteiger charge is 2.76. The van der Waals surface area contributed by atoms with E-state index >= 15 is 0 Å². The van der Waals surface area contributed by atoms with Crippen LogP contribution in [-0.4, -0.2) is 49.2 Å². The molecule has 4 aliphatic rings. The molecule has 2 aromatic carbocycles. The number of amides is 2. The first-order valence-corrected chi connectivity index (χ1v) is 15.0. The van der Waals surface area contributed by atoms with Crippen molar-refractivity contribution in [3.05, 3.63) is 36.4 Å². The lowest BCUT2D eigenvalue weighted by atomic mass is 9.66. The molecule has 10 nitrogen and oxygen atoms in total. The van der Waals surface area contributed by atoms with Gasteiger partial charge >= 0.3 is 11.9 Å². The molecule has 4 atom stereocenters. The van der Waals surface area contributed by atoms with Gasteiger partial charge in [-0.05, 0) is 74.9 Å². The average molecular weight is 605 g/mol. The molecule has 0 unspecified atom stereocenters. The quantitative estimate of drug-likeness (QED) is 0.397. The van der Waals surface area contributed by atoms with Crippen LogP contribution in [0, 0.1) is 21.7 Å². The topological polar surface area (TPSA) is 129 Å². The molecule has 2 saturated heterocycles. The number of esters is 2. The lowest BCUT2D eigenvalue weighted by molar-refractivity contribution is -0.166. The second-order valence-corrected chi connectivity index (χ2v) is 14.1. The first-order chi connectivity index (χ1) is 20.5. The zero-order valence-corrected chi connectivity index (χ0v) is 26.6. The predicted molar refractivity (Wildman–Crippen MR) is 162 cm³/mol. The first kappa shape index (κ1) is 30.0. The fourth-order valence-corrected chi connectivity index (χ4v) is 7.89. The Labute approximate surface area is 257 Å². The second kappa shape index (κ2) is 9.22. The van der Waals surface area contributed by atoms with Gasteiger partial charge in [0, 0.05) is 10.8 Å². The maximum Gasteiger partial charge on any atom is 0.313 e. The lowest BCUT2D eigenvalue weighted by Gasteiger charge is -2.35. The number of fused-ring (bicyclic) bond motifs is 4. The van der Waals surface area contributed by atoms with E-state index in [2.05, 4.69) is 10.6 Å². The molecule has 2 amide bonds. The maximum atomic E-state index is 13.6. The SMILES string of the molecule is COc1cc(-c2ccc(NC(=O)[C@@]34CC[C@@](C)(C(=O)O3)C4(C)C)c(OC)c2)ccc1NC(=O)[C@]12CC[C@@](C)(C(=O)O1)C2(C)C. The average Bonchev–Trinajstić information content (AvgIpc) is 3.45. The molecule has 2 N–H and O–H groups in total. The molecule has 4 fully saturated rings. The number of carbonyl (C=O) groups is 4. The van der Waals surface area contributed by atoms with E-state index in [0.717, 1.165) is 11.1 Å². The van der Waals surface area contributed by atoms with Crippen LogP contribution in [-0.2, 0) is 28.7 Å². The molecule has 44 heavy (non-hydrogen) atoms. The monoisotopic (exact) mass is 604 g/mol. The molecule has 0 aromatic heterocycles. The Balaban J connectivity index is 1.24. The van der Waals surface area contributed by atoms with Crippen LogP contribution in [0.2, 0.25) is 0 Å². The number of anilines is 2. The standard InChI is InChI=1S/C34H40N2O8/c1-29(2)31(5)13-15-33(29,43-27(31)39)25(37)35-21-11-9-19(17-23(21)41-7)20-10-12-22(24(18-20)42-8)36-26(38)34-16-14-32(6,28(40)44-34)30(34,3)4/h9-12,17-18H,13-16H2,1-8H3,(H,35,37)(H,36,38)/t31-,32-,33-,34+/m0/s1. The van der Waals surface area contributed by atoms with Gasteiger partial charge in [-0.2, -0.15) is 0 Å². The Kier molecular flexibility index (Phi) is 6.28. The van der Waals surface area contributed by atoms with E-state index < -0.39 is 32.9 Å². The summed E-state index contributed by atoms with van der Waals surface area (Å²) in [6.07, 6.45) is 2.09. The van der Waals surface area contributed by atoms with Crippen LogP contribution in [0.15, 0.2) is 36.4 Å². The highest BCUT2D eigenvalue weighted by Crippen LogP contribution is 2.67. The summed E-state index contributed by atoms with van der Waals surface area (Å²) in [6.45, 7) is 11.4. The molecule has 2 aliphatic carbocycles. The van der Waals surface area contributed by atoms with E-state index in [4.69, 9.17) is 18.9 Å². The van der Waals surface area contributed by atoms with E-state index in [9.17, 15) is 19.2 Å². The minimum atomic E-state index is -1.25. The molecular weight excluding hydrogens is 564 g/mol. The number of ether oxygens (including phenoxy) is 4. The number of rotatable bonds is 7. The van der Waals surface area contributed by atoms with Gasteiger partial charge in [-0.15, -0.1) is 0 Å². The minimum absolute atomic E-state index is 0.339. The Morgan fingerprint density at radius 1 is 0.636 bits per heavy atom. The normalized spacial score (nSPS) is 32.2. The van der Waals surface area contributed by atoms with Crippen LogP contribution in [0.25, 0.3) is 11.1 Å². The second-order valence-electron chi connectivity index (χ2n) is 14.1. The van der Waals surface area contributed by atoms with Gasteiger partial charge in [0.2, 0.25) is 0 Å². The molecule has 2 aliphatic heterocycles. The van der Waals surface area contributed by atoms with Gasteiger partial charge in [-0.3, -0.25) is 19.2 Å². The van der Waals surface area contributed by atoms with Crippen molar-refractivity contribution in [3.63, 3.8) is 0 Å². The van der Waals surface area contributed by atoms with E-state index in [1.54, 1.807) is 24.3 Å². The summed E-state index contributed by atoms with van der Waals surface area (Å²) in [7, 11) is 3.03. The zero-order chi connectivity index (χ0) is 32.1. The van der Waals surface area contributed by atoms with Crippen LogP contribution in [0.1, 0.15) is 67.2 Å². The summed E-state index contributed by atoms with van der Waals surface area (Å²) in [5, 5.41) is 5.90. The summed E-state index contributed by atoms with van der Waals surface area (Å²) in [4.78, 5) is 52.6. The first-order valence-electron chi connectivity index (χ1n) is 15.0. The third kappa shape index (κ3) is 3.48. The molecule has 10 heteroatoms. The Morgan fingerprint density at radius 3 is 1.27 bits per heavy atom. The molecular formula is C34H40N2O8. The van der Waals surface area contributed by atoms with E-state index in [-0.39, 0.29) is 23.8 Å². The number of methoxy groups -OCH3 is 2. The predicted octanol–water partition coefficient (Wildman–Crippen LogP) is 5.49. The fourth-order valence-electron chi connectivity index (χ4n) is 7.89. The summed E-state index contributed by atoms with van der Waals surface area (Å²) in [6, 6.07) is 10.8. The van der Waals surface area contributed by atoms with E-state index in [1.807, 2.05) is 53.7 Å². The summed E-state index contributed by atoms with van der Waals surface area (Å²) < 4.78 is 22.8. The van der Waals surface area contributed by atoms with Gasteiger partial charge in [0.25, 0.3) is 11.8 Å². The Bertz CT molecular complexity index is 1510. The van der Waals surface area contributed by atoms with Gasteiger partial charge in [-0.1, -0.05) is 39.8 Å². The lowest BCUT2D eigenvalue weighted by Crippen LogP contribution is -2.50. The van der Waals surface area contributed by atoms with Crippen molar-refractivity contribution in [2.75, 3.05) is 24.9 Å². The van der Waals surface area contributed by atoms with Crippen molar-refractivity contribution < 1.29 is 38.1 Å². The number of hydrogen-bond acceptors (Lipinski definition) is 8. The van der Waals surface area contributed by atoms with Crippen LogP contribution >= 0.6 is 0 Å². The van der Waals surface area contributed by atoms with Crippen LogP contribution in [0.4, 0.5) is 11.4 Å². The minimum Gasteiger partial charge on any atom is -0.495 e. The van der Waals surface area contributed by atoms with Crippen LogP contribution < -0.4 is 20.1 Å². The van der Waals surface area contributed by atoms with Gasteiger partial charge in [0.1, 0.15) is 11.5 Å². The molecule has 6 rings (SSSR count). The molecule has 2 saturated carbocycles. The number of hydrogen-bond donors (Lipinski definition) is 2. The van der Waals surface area contributed by atoms with E-state index in [0.29, 0.717) is 48.6 Å². The van der Waals surface area contributed by atoms with Gasteiger partial charge in [0.15, 0.2) is 11.2 Å². The van der Waals surface area contributed by atoms with Crippen molar-refractivity contribution in [3.8, 4) is 22.6 Å². The summed E-state index contributed by atoms with van der Waals surface area (Å²) in [5.74, 6) is -0.560. The molecule has 2 heterocycles. The van der Waals surface area contributed by atoms with Crippen molar-refractivity contribution in [1.82, 2.24) is 0 Å². The van der Waals surface area contributed by atoms with Crippen molar-refractivity contribution in [2.45, 2.75) is 78.4 Å². The third-order valence-corrected chi connectivity index (χ3v) is 12.1.